The van der Waals surface area contributed by atoms with E-state index in [-0.39, 0.29) is 0 Å². The molecule has 10 aromatic carbocycles. The standard InChI is InChI=1S/C64H39N5O/c1-4-16-44(17-5-1)67-54-25-13-10-22-47(54)50-36-40(28-32-57(50)67)41-31-35-60-53(37-41)62-63(70-60)61(42-29-33-58-51(38-42)48-23-11-14-26-55(48)68(58)45-18-6-2-7-19-45)65-64(66-62)43-30-34-59-52(39-43)49-24-12-15-27-56(49)69(59)46-20-8-3-9-21-46/h1-39H. The lowest BCUT2D eigenvalue weighted by Crippen LogP contribution is -1.95. The van der Waals surface area contributed by atoms with Gasteiger partial charge in [-0.15, -0.1) is 0 Å². The van der Waals surface area contributed by atoms with Gasteiger partial charge in [-0.1, -0.05) is 127 Å². The summed E-state index contributed by atoms with van der Waals surface area (Å²) in [5.41, 5.74) is 17.3. The van der Waals surface area contributed by atoms with E-state index in [1.165, 1.54) is 32.6 Å². The van der Waals surface area contributed by atoms with Crippen molar-refractivity contribution in [1.82, 2.24) is 23.7 Å². The molecule has 0 saturated heterocycles. The van der Waals surface area contributed by atoms with Crippen LogP contribution in [0.3, 0.4) is 0 Å². The number of benzene rings is 10. The number of para-hydroxylation sites is 6. The van der Waals surface area contributed by atoms with E-state index < -0.39 is 0 Å². The highest BCUT2D eigenvalue weighted by Crippen LogP contribution is 2.42. The number of fused-ring (bicyclic) bond motifs is 12. The Morgan fingerprint density at radius 1 is 0.286 bits per heavy atom. The molecular formula is C64H39N5O. The first-order chi connectivity index (χ1) is 34.7. The maximum atomic E-state index is 6.92. The quantitative estimate of drug-likeness (QED) is 0.167. The minimum absolute atomic E-state index is 0.635. The fourth-order valence-electron chi connectivity index (χ4n) is 11.1. The lowest BCUT2D eigenvalue weighted by molar-refractivity contribution is 0.667. The third kappa shape index (κ3) is 5.74. The molecular weight excluding hydrogens is 855 g/mol. The second kappa shape index (κ2) is 15.0. The van der Waals surface area contributed by atoms with Crippen LogP contribution in [-0.4, -0.2) is 23.7 Å². The number of furan rings is 1. The third-order valence-corrected chi connectivity index (χ3v) is 14.2. The highest BCUT2D eigenvalue weighted by Gasteiger charge is 2.23. The van der Waals surface area contributed by atoms with Crippen LogP contribution in [0.4, 0.5) is 0 Å². The molecule has 326 valence electrons. The van der Waals surface area contributed by atoms with Crippen LogP contribution >= 0.6 is 0 Å². The maximum absolute atomic E-state index is 6.92. The molecule has 0 atom stereocenters. The topological polar surface area (TPSA) is 53.7 Å². The van der Waals surface area contributed by atoms with Crippen LogP contribution in [-0.2, 0) is 0 Å². The van der Waals surface area contributed by atoms with Gasteiger partial charge in [0.2, 0.25) is 0 Å². The average molecular weight is 894 g/mol. The van der Waals surface area contributed by atoms with Crippen LogP contribution < -0.4 is 0 Å². The summed E-state index contributed by atoms with van der Waals surface area (Å²) in [6.45, 7) is 0. The molecule has 0 fully saturated rings. The van der Waals surface area contributed by atoms with Gasteiger partial charge in [0, 0.05) is 65.9 Å². The lowest BCUT2D eigenvalue weighted by Gasteiger charge is -2.10. The van der Waals surface area contributed by atoms with Gasteiger partial charge in [0.05, 0.1) is 33.1 Å². The van der Waals surface area contributed by atoms with E-state index in [0.29, 0.717) is 11.4 Å². The molecule has 0 bridgehead atoms. The smallest absolute Gasteiger partial charge is 0.180 e. The SMILES string of the molecule is c1ccc(-n2c3ccccc3c3cc(-c4ccc5oc6c(-c7ccc8c(c7)c7ccccc7n8-c7ccccc7)nc(-c7ccc8c(c7)c7ccccc7n8-c7ccccc7)nc6c5c4)ccc32)cc1. The minimum Gasteiger partial charge on any atom is -0.452 e. The summed E-state index contributed by atoms with van der Waals surface area (Å²) in [6, 6.07) is 84.3. The van der Waals surface area contributed by atoms with Crippen molar-refractivity contribution in [2.24, 2.45) is 0 Å². The molecule has 70 heavy (non-hydrogen) atoms. The Kier molecular flexibility index (Phi) is 8.26. The molecule has 0 amide bonds. The highest BCUT2D eigenvalue weighted by atomic mass is 16.3. The van der Waals surface area contributed by atoms with Crippen molar-refractivity contribution in [1.29, 1.82) is 0 Å². The first-order valence-corrected chi connectivity index (χ1v) is 23.7. The first kappa shape index (κ1) is 38.6. The Morgan fingerprint density at radius 3 is 1.16 bits per heavy atom. The predicted octanol–water partition coefficient (Wildman–Crippen LogP) is 16.7. The zero-order valence-electron chi connectivity index (χ0n) is 37.7. The van der Waals surface area contributed by atoms with Crippen LogP contribution in [0.5, 0.6) is 0 Å². The molecule has 0 aliphatic carbocycles. The molecule has 6 nitrogen and oxygen atoms in total. The van der Waals surface area contributed by atoms with E-state index in [1.807, 2.05) is 0 Å². The highest BCUT2D eigenvalue weighted by molar-refractivity contribution is 6.15. The number of hydrogen-bond acceptors (Lipinski definition) is 3. The van der Waals surface area contributed by atoms with Gasteiger partial charge >= 0.3 is 0 Å². The van der Waals surface area contributed by atoms with Crippen molar-refractivity contribution in [3.8, 4) is 50.8 Å². The molecule has 15 aromatic rings. The number of rotatable bonds is 6. The fraction of sp³-hybridized carbons (Fsp3) is 0. The summed E-state index contributed by atoms with van der Waals surface area (Å²) in [7, 11) is 0. The van der Waals surface area contributed by atoms with Gasteiger partial charge in [-0.2, -0.15) is 0 Å². The molecule has 0 aliphatic rings. The van der Waals surface area contributed by atoms with Gasteiger partial charge < -0.3 is 18.1 Å². The summed E-state index contributed by atoms with van der Waals surface area (Å²) < 4.78 is 14.0. The molecule has 6 heteroatoms. The Hall–Kier alpha value is -9.52. The molecule has 5 heterocycles. The molecule has 0 unspecified atom stereocenters. The van der Waals surface area contributed by atoms with E-state index in [0.717, 1.165) is 94.3 Å². The third-order valence-electron chi connectivity index (χ3n) is 14.2. The molecule has 0 radical (unpaired) electrons. The summed E-state index contributed by atoms with van der Waals surface area (Å²) in [5.74, 6) is 0.635. The first-order valence-electron chi connectivity index (χ1n) is 23.7. The monoisotopic (exact) mass is 893 g/mol. The lowest BCUT2D eigenvalue weighted by atomic mass is 10.0. The van der Waals surface area contributed by atoms with Crippen molar-refractivity contribution >= 4 is 87.5 Å². The zero-order valence-corrected chi connectivity index (χ0v) is 37.7. The number of hydrogen-bond donors (Lipinski definition) is 0. The fourth-order valence-corrected chi connectivity index (χ4v) is 11.1. The molecule has 15 rings (SSSR count). The molecule has 0 saturated carbocycles. The Bertz CT molecular complexity index is 4580. The molecule has 5 aromatic heterocycles. The summed E-state index contributed by atoms with van der Waals surface area (Å²) in [4.78, 5) is 11.0. The Labute approximate surface area is 401 Å². The van der Waals surface area contributed by atoms with Crippen molar-refractivity contribution < 1.29 is 4.42 Å². The Balaban J connectivity index is 0.959. The molecule has 0 N–H and O–H groups in total. The number of nitrogens with zero attached hydrogens (tertiary/aromatic N) is 5. The second-order valence-corrected chi connectivity index (χ2v) is 18.1. The van der Waals surface area contributed by atoms with Crippen LogP contribution in [0.15, 0.2) is 241 Å². The Morgan fingerprint density at radius 2 is 0.657 bits per heavy atom. The van der Waals surface area contributed by atoms with E-state index in [9.17, 15) is 0 Å². The average Bonchev–Trinajstić information content (AvgIpc) is 4.17. The van der Waals surface area contributed by atoms with Crippen LogP contribution in [0.2, 0.25) is 0 Å². The van der Waals surface area contributed by atoms with Crippen molar-refractivity contribution in [2.45, 2.75) is 0 Å². The van der Waals surface area contributed by atoms with E-state index in [4.69, 9.17) is 14.4 Å². The van der Waals surface area contributed by atoms with Gasteiger partial charge in [0.15, 0.2) is 11.4 Å². The van der Waals surface area contributed by atoms with Gasteiger partial charge in [0.1, 0.15) is 16.8 Å². The minimum atomic E-state index is 0.635. The summed E-state index contributed by atoms with van der Waals surface area (Å²) in [5, 5.41) is 7.98. The van der Waals surface area contributed by atoms with Crippen molar-refractivity contribution in [3.05, 3.63) is 237 Å². The summed E-state index contributed by atoms with van der Waals surface area (Å²) >= 11 is 0. The van der Waals surface area contributed by atoms with E-state index in [1.54, 1.807) is 0 Å². The van der Waals surface area contributed by atoms with Crippen molar-refractivity contribution in [3.63, 3.8) is 0 Å². The molecule has 0 spiro atoms. The number of aromatic nitrogens is 5. The van der Waals surface area contributed by atoms with Gasteiger partial charge in [-0.3, -0.25) is 0 Å². The van der Waals surface area contributed by atoms with Crippen LogP contribution in [0.1, 0.15) is 0 Å². The van der Waals surface area contributed by atoms with E-state index >= 15 is 0 Å². The second-order valence-electron chi connectivity index (χ2n) is 18.1. The van der Waals surface area contributed by atoms with Gasteiger partial charge in [0.25, 0.3) is 0 Å². The summed E-state index contributed by atoms with van der Waals surface area (Å²) in [6.07, 6.45) is 0. The van der Waals surface area contributed by atoms with Gasteiger partial charge in [-0.25, -0.2) is 9.97 Å². The largest absolute Gasteiger partial charge is 0.452 e. The maximum Gasteiger partial charge on any atom is 0.180 e. The molecule has 0 aliphatic heterocycles. The normalized spacial score (nSPS) is 12.0. The zero-order chi connectivity index (χ0) is 45.9. The van der Waals surface area contributed by atoms with E-state index in [2.05, 4.69) is 250 Å². The predicted molar refractivity (Wildman–Crippen MR) is 289 cm³/mol. The van der Waals surface area contributed by atoms with Gasteiger partial charge in [-0.05, 0) is 120 Å². The van der Waals surface area contributed by atoms with Crippen molar-refractivity contribution in [2.75, 3.05) is 0 Å². The van der Waals surface area contributed by atoms with Crippen LogP contribution in [0, 0.1) is 0 Å². The van der Waals surface area contributed by atoms with Crippen LogP contribution in [0.25, 0.3) is 138 Å².